The van der Waals surface area contributed by atoms with Gasteiger partial charge in [0, 0.05) is 5.39 Å². The van der Waals surface area contributed by atoms with Crippen molar-refractivity contribution in [3.63, 3.8) is 0 Å². The predicted octanol–water partition coefficient (Wildman–Crippen LogP) is 5.09. The van der Waals surface area contributed by atoms with E-state index in [9.17, 15) is 14.4 Å². The summed E-state index contributed by atoms with van der Waals surface area (Å²) in [5, 5.41) is 10.6. The molecule has 0 fully saturated rings. The minimum Gasteiger partial charge on any atom is -0.492 e. The molecular formula is C26H23NO5. The second-order valence-corrected chi connectivity index (χ2v) is 7.88. The summed E-state index contributed by atoms with van der Waals surface area (Å²) in [5.74, 6) is -1.41. The molecule has 6 heteroatoms. The summed E-state index contributed by atoms with van der Waals surface area (Å²) in [6, 6.07) is 14.0. The van der Waals surface area contributed by atoms with Gasteiger partial charge in [0.15, 0.2) is 0 Å². The Kier molecular flexibility index (Phi) is 5.53. The van der Waals surface area contributed by atoms with E-state index >= 15 is 0 Å². The first-order valence-electron chi connectivity index (χ1n) is 10.4. The number of hydrogen-bond donors (Lipinski definition) is 1. The van der Waals surface area contributed by atoms with Crippen molar-refractivity contribution in [2.24, 2.45) is 0 Å². The smallest absolute Gasteiger partial charge is 0.307 e. The molecule has 0 bridgehead atoms. The van der Waals surface area contributed by atoms with E-state index in [4.69, 9.17) is 9.84 Å². The van der Waals surface area contributed by atoms with Gasteiger partial charge in [0.05, 0.1) is 29.8 Å². The molecule has 1 aliphatic heterocycles. The van der Waals surface area contributed by atoms with Gasteiger partial charge in [0.2, 0.25) is 0 Å². The molecule has 1 N–H and O–H groups in total. The number of benzene rings is 3. The van der Waals surface area contributed by atoms with E-state index in [0.29, 0.717) is 34.7 Å². The number of rotatable bonds is 6. The Morgan fingerprint density at radius 2 is 1.59 bits per heavy atom. The van der Waals surface area contributed by atoms with Crippen LogP contribution in [0.25, 0.3) is 16.8 Å². The SMILES string of the molecule is CCOc1c2c(c(C=C(C)C)c3ccccc13)C(=O)N(c1ccc(CC(=O)O)cc1)C2=O. The molecule has 0 atom stereocenters. The van der Waals surface area contributed by atoms with Crippen molar-refractivity contribution in [1.82, 2.24) is 0 Å². The number of allylic oxidation sites excluding steroid dienone is 1. The maximum atomic E-state index is 13.6. The number of aliphatic carboxylic acids is 1. The van der Waals surface area contributed by atoms with Crippen molar-refractivity contribution in [2.45, 2.75) is 27.2 Å². The molecule has 0 saturated heterocycles. The second-order valence-electron chi connectivity index (χ2n) is 7.88. The van der Waals surface area contributed by atoms with E-state index < -0.39 is 17.8 Å². The van der Waals surface area contributed by atoms with Crippen LogP contribution in [0.4, 0.5) is 5.69 Å². The zero-order chi connectivity index (χ0) is 23.0. The van der Waals surface area contributed by atoms with Gasteiger partial charge < -0.3 is 9.84 Å². The van der Waals surface area contributed by atoms with Crippen molar-refractivity contribution in [1.29, 1.82) is 0 Å². The standard InChI is InChI=1S/C26H23NO5/c1-4-32-24-19-8-6-5-7-18(19)20(13-15(2)3)22-23(24)26(31)27(25(22)30)17-11-9-16(10-12-17)14-21(28)29/h5-13H,4,14H2,1-3H3,(H,28,29). The Morgan fingerprint density at radius 3 is 2.19 bits per heavy atom. The number of imide groups is 1. The number of carbonyl (C=O) groups excluding carboxylic acids is 2. The number of carbonyl (C=O) groups is 3. The third-order valence-corrected chi connectivity index (χ3v) is 5.31. The summed E-state index contributed by atoms with van der Waals surface area (Å²) >= 11 is 0. The number of nitrogens with zero attached hydrogens (tertiary/aromatic N) is 1. The number of ether oxygens (including phenoxy) is 1. The molecule has 3 aromatic carbocycles. The average molecular weight is 429 g/mol. The van der Waals surface area contributed by atoms with Crippen LogP contribution in [-0.4, -0.2) is 29.5 Å². The molecule has 0 saturated carbocycles. The van der Waals surface area contributed by atoms with Crippen molar-refractivity contribution in [3.8, 4) is 5.75 Å². The fraction of sp³-hybridized carbons (Fsp3) is 0.192. The van der Waals surface area contributed by atoms with Crippen LogP contribution >= 0.6 is 0 Å². The van der Waals surface area contributed by atoms with Crippen LogP contribution < -0.4 is 9.64 Å². The second kappa shape index (κ2) is 8.30. The lowest BCUT2D eigenvalue weighted by Gasteiger charge is -2.15. The van der Waals surface area contributed by atoms with E-state index in [-0.39, 0.29) is 12.0 Å². The predicted molar refractivity (Wildman–Crippen MR) is 123 cm³/mol. The summed E-state index contributed by atoms with van der Waals surface area (Å²) < 4.78 is 5.90. The van der Waals surface area contributed by atoms with Crippen LogP contribution in [0.2, 0.25) is 0 Å². The molecule has 1 heterocycles. The Labute approximate surface area is 185 Å². The van der Waals surface area contributed by atoms with Crippen molar-refractivity contribution < 1.29 is 24.2 Å². The number of amides is 2. The molecule has 32 heavy (non-hydrogen) atoms. The quantitative estimate of drug-likeness (QED) is 0.552. The molecule has 0 aliphatic carbocycles. The van der Waals surface area contributed by atoms with Gasteiger partial charge in [-0.05, 0) is 49.4 Å². The topological polar surface area (TPSA) is 83.9 Å². The molecule has 162 valence electrons. The van der Waals surface area contributed by atoms with E-state index in [1.54, 1.807) is 24.3 Å². The molecule has 3 aromatic rings. The molecule has 0 radical (unpaired) electrons. The normalized spacial score (nSPS) is 12.8. The van der Waals surface area contributed by atoms with Gasteiger partial charge in [-0.3, -0.25) is 14.4 Å². The highest BCUT2D eigenvalue weighted by molar-refractivity contribution is 6.38. The summed E-state index contributed by atoms with van der Waals surface area (Å²) in [4.78, 5) is 39.3. The van der Waals surface area contributed by atoms with Crippen molar-refractivity contribution >= 4 is 40.3 Å². The van der Waals surface area contributed by atoms with E-state index in [0.717, 1.165) is 21.2 Å². The Morgan fingerprint density at radius 1 is 0.969 bits per heavy atom. The Bertz CT molecular complexity index is 1280. The van der Waals surface area contributed by atoms with Gasteiger partial charge >= 0.3 is 5.97 Å². The number of fused-ring (bicyclic) bond motifs is 2. The summed E-state index contributed by atoms with van der Waals surface area (Å²) in [7, 11) is 0. The van der Waals surface area contributed by atoms with Crippen LogP contribution in [0.1, 0.15) is 52.6 Å². The van der Waals surface area contributed by atoms with E-state index in [1.165, 1.54) is 0 Å². The zero-order valence-corrected chi connectivity index (χ0v) is 18.1. The van der Waals surface area contributed by atoms with Crippen molar-refractivity contribution in [3.05, 3.63) is 76.4 Å². The van der Waals surface area contributed by atoms with Gasteiger partial charge in [-0.2, -0.15) is 0 Å². The van der Waals surface area contributed by atoms with Gasteiger partial charge in [-0.15, -0.1) is 0 Å². The van der Waals surface area contributed by atoms with Gasteiger partial charge in [0.1, 0.15) is 5.75 Å². The molecule has 1 aliphatic rings. The highest BCUT2D eigenvalue weighted by Gasteiger charge is 2.42. The summed E-state index contributed by atoms with van der Waals surface area (Å²) in [6.07, 6.45) is 1.79. The van der Waals surface area contributed by atoms with Gasteiger partial charge in [-0.25, -0.2) is 4.90 Å². The lowest BCUT2D eigenvalue weighted by molar-refractivity contribution is -0.136. The highest BCUT2D eigenvalue weighted by Crippen LogP contribution is 2.43. The molecule has 0 aromatic heterocycles. The highest BCUT2D eigenvalue weighted by atomic mass is 16.5. The van der Waals surface area contributed by atoms with Crippen LogP contribution in [0.3, 0.4) is 0 Å². The first kappa shape index (κ1) is 21.3. The van der Waals surface area contributed by atoms with Crippen LogP contribution in [0.5, 0.6) is 5.75 Å². The van der Waals surface area contributed by atoms with Crippen LogP contribution in [0, 0.1) is 0 Å². The fourth-order valence-corrected chi connectivity index (χ4v) is 4.08. The van der Waals surface area contributed by atoms with Crippen molar-refractivity contribution in [2.75, 3.05) is 11.5 Å². The fourth-order valence-electron chi connectivity index (χ4n) is 4.08. The molecule has 0 unspecified atom stereocenters. The average Bonchev–Trinajstić information content (AvgIpc) is 3.01. The molecule has 2 amide bonds. The number of carboxylic acids is 1. The van der Waals surface area contributed by atoms with Crippen LogP contribution in [0.15, 0.2) is 54.1 Å². The monoisotopic (exact) mass is 429 g/mol. The van der Waals surface area contributed by atoms with E-state index in [2.05, 4.69) is 0 Å². The molecule has 0 spiro atoms. The number of carboxylic acid groups (broad SMARTS) is 1. The maximum absolute atomic E-state index is 13.6. The molecule has 6 nitrogen and oxygen atoms in total. The number of anilines is 1. The minimum atomic E-state index is -0.946. The lowest BCUT2D eigenvalue weighted by atomic mass is 9.92. The Hall–Kier alpha value is -3.93. The zero-order valence-electron chi connectivity index (χ0n) is 18.1. The molecule has 4 rings (SSSR count). The Balaban J connectivity index is 1.95. The third-order valence-electron chi connectivity index (χ3n) is 5.31. The largest absolute Gasteiger partial charge is 0.492 e. The first-order chi connectivity index (χ1) is 15.3. The molecular weight excluding hydrogens is 406 g/mol. The van der Waals surface area contributed by atoms with Crippen LogP contribution in [-0.2, 0) is 11.2 Å². The van der Waals surface area contributed by atoms with Gasteiger partial charge in [0.25, 0.3) is 11.8 Å². The first-order valence-corrected chi connectivity index (χ1v) is 10.4. The maximum Gasteiger partial charge on any atom is 0.307 e. The summed E-state index contributed by atoms with van der Waals surface area (Å²) in [6.45, 7) is 6.07. The van der Waals surface area contributed by atoms with E-state index in [1.807, 2.05) is 51.1 Å². The summed E-state index contributed by atoms with van der Waals surface area (Å²) in [5.41, 5.74) is 3.26. The lowest BCUT2D eigenvalue weighted by Crippen LogP contribution is -2.29. The van der Waals surface area contributed by atoms with Gasteiger partial charge in [-0.1, -0.05) is 48.0 Å². The third kappa shape index (κ3) is 3.54. The minimum absolute atomic E-state index is 0.132. The number of hydrogen-bond acceptors (Lipinski definition) is 4.